The van der Waals surface area contributed by atoms with Crippen molar-refractivity contribution in [2.75, 3.05) is 26.3 Å². The molecule has 3 unspecified atom stereocenters. The molecule has 8 heteroatoms. The fourth-order valence-electron chi connectivity index (χ4n) is 4.23. The van der Waals surface area contributed by atoms with E-state index in [1.165, 1.54) is 0 Å². The number of carbonyl (C=O) groups is 2. The van der Waals surface area contributed by atoms with Gasteiger partial charge in [0.15, 0.2) is 0 Å². The van der Waals surface area contributed by atoms with E-state index in [0.717, 1.165) is 25.2 Å². The minimum absolute atomic E-state index is 0.171. The quantitative estimate of drug-likeness (QED) is 0.818. The summed E-state index contributed by atoms with van der Waals surface area (Å²) in [5.74, 6) is -0.0456. The van der Waals surface area contributed by atoms with E-state index < -0.39 is 11.9 Å². The molecule has 0 spiro atoms. The molecule has 0 bridgehead atoms. The molecule has 0 saturated carbocycles. The fourth-order valence-corrected chi connectivity index (χ4v) is 4.23. The lowest BCUT2D eigenvalue weighted by Crippen LogP contribution is -2.51. The highest BCUT2D eigenvalue weighted by Crippen LogP contribution is 2.30. The Morgan fingerprint density at radius 3 is 2.78 bits per heavy atom. The molecule has 0 aromatic carbocycles. The van der Waals surface area contributed by atoms with Crippen molar-refractivity contribution in [3.8, 4) is 0 Å². The van der Waals surface area contributed by atoms with Crippen molar-refractivity contribution in [3.63, 3.8) is 0 Å². The van der Waals surface area contributed by atoms with Gasteiger partial charge < -0.3 is 24.6 Å². The maximum absolute atomic E-state index is 13.0. The van der Waals surface area contributed by atoms with Crippen molar-refractivity contribution in [1.82, 2.24) is 19.8 Å². The highest BCUT2D eigenvalue weighted by atomic mass is 16.5. The second kappa shape index (κ2) is 8.73. The minimum Gasteiger partial charge on any atom is -0.481 e. The summed E-state index contributed by atoms with van der Waals surface area (Å²) < 4.78 is 7.54. The van der Waals surface area contributed by atoms with Crippen LogP contribution in [0.1, 0.15) is 45.0 Å². The van der Waals surface area contributed by atoms with Gasteiger partial charge in [-0.05, 0) is 38.0 Å². The lowest BCUT2D eigenvalue weighted by Gasteiger charge is -2.37. The molecule has 2 aliphatic rings. The number of nitrogens with one attached hydrogen (secondary N) is 1. The van der Waals surface area contributed by atoms with E-state index in [0.29, 0.717) is 26.2 Å². The van der Waals surface area contributed by atoms with Crippen molar-refractivity contribution in [1.29, 1.82) is 0 Å². The van der Waals surface area contributed by atoms with Gasteiger partial charge in [0, 0.05) is 45.2 Å². The normalized spacial score (nSPS) is 25.2. The highest BCUT2D eigenvalue weighted by Gasteiger charge is 2.35. The largest absolute Gasteiger partial charge is 0.481 e. The van der Waals surface area contributed by atoms with Gasteiger partial charge in [-0.3, -0.25) is 4.79 Å². The van der Waals surface area contributed by atoms with E-state index in [4.69, 9.17) is 4.74 Å². The summed E-state index contributed by atoms with van der Waals surface area (Å²) in [7, 11) is 0. The van der Waals surface area contributed by atoms with Gasteiger partial charge in [-0.15, -0.1) is 0 Å². The Bertz CT molecular complexity index is 656. The monoisotopic (exact) mass is 378 g/mol. The first-order valence-electron chi connectivity index (χ1n) is 9.86. The lowest BCUT2D eigenvalue weighted by atomic mass is 9.90. The molecular weight excluding hydrogens is 348 g/mol. The van der Waals surface area contributed by atoms with Gasteiger partial charge in [-0.2, -0.15) is 0 Å². The highest BCUT2D eigenvalue weighted by molar-refractivity contribution is 5.77. The molecule has 2 N–H and O–H groups in total. The van der Waals surface area contributed by atoms with E-state index >= 15 is 0 Å². The Hall–Kier alpha value is -2.09. The van der Waals surface area contributed by atoms with Gasteiger partial charge in [0.25, 0.3) is 0 Å². The maximum Gasteiger partial charge on any atom is 0.318 e. The summed E-state index contributed by atoms with van der Waals surface area (Å²) in [5.41, 5.74) is 0. The topological polar surface area (TPSA) is 96.7 Å². The van der Waals surface area contributed by atoms with Crippen molar-refractivity contribution in [2.45, 2.75) is 45.7 Å². The van der Waals surface area contributed by atoms with E-state index in [-0.39, 0.29) is 30.5 Å². The number of hydrogen-bond acceptors (Lipinski definition) is 4. The van der Waals surface area contributed by atoms with Gasteiger partial charge in [-0.1, -0.05) is 6.92 Å². The van der Waals surface area contributed by atoms with Crippen molar-refractivity contribution < 1.29 is 19.4 Å². The number of nitrogens with zero attached hydrogens (tertiary/aromatic N) is 3. The smallest absolute Gasteiger partial charge is 0.318 e. The number of aromatic nitrogens is 2. The molecule has 3 heterocycles. The third-order valence-corrected chi connectivity index (χ3v) is 5.68. The predicted molar refractivity (Wildman–Crippen MR) is 99.2 cm³/mol. The molecular formula is C19H30N4O4. The Labute approximate surface area is 159 Å². The standard InChI is InChI=1S/C19H30N4O4/c1-3-22-7-6-20-17(22)16(14-4-8-27-9-5-14)21-19(26)23-11-13(2)10-15(12-23)18(24)25/h6-7,13-16H,3-5,8-12H2,1-2H3,(H,21,26)(H,24,25). The van der Waals surface area contributed by atoms with E-state index in [1.54, 1.807) is 11.1 Å². The van der Waals surface area contributed by atoms with Crippen LogP contribution in [0.4, 0.5) is 4.79 Å². The SMILES string of the molecule is CCn1ccnc1C(NC(=O)N1CC(C)CC(C(=O)O)C1)C1CCOCC1. The lowest BCUT2D eigenvalue weighted by molar-refractivity contribution is -0.143. The number of carbonyl (C=O) groups excluding carboxylic acids is 1. The van der Waals surface area contributed by atoms with Gasteiger partial charge >= 0.3 is 12.0 Å². The number of aliphatic carboxylic acids is 1. The zero-order valence-electron chi connectivity index (χ0n) is 16.1. The first kappa shape index (κ1) is 19.7. The minimum atomic E-state index is -0.832. The number of likely N-dealkylation sites (tertiary alicyclic amines) is 1. The number of rotatable bonds is 5. The second-order valence-electron chi connectivity index (χ2n) is 7.73. The number of imidazole rings is 1. The summed E-state index contributed by atoms with van der Waals surface area (Å²) in [6, 6.07) is -0.396. The number of piperidine rings is 1. The van der Waals surface area contributed by atoms with Crippen LogP contribution in [-0.2, 0) is 16.1 Å². The predicted octanol–water partition coefficient (Wildman–Crippen LogP) is 2.12. The second-order valence-corrected chi connectivity index (χ2v) is 7.73. The Morgan fingerprint density at radius 2 is 2.11 bits per heavy atom. The number of amides is 2. The van der Waals surface area contributed by atoms with Crippen LogP contribution in [0, 0.1) is 17.8 Å². The average Bonchev–Trinajstić information content (AvgIpc) is 3.14. The van der Waals surface area contributed by atoms with Crippen LogP contribution in [0.5, 0.6) is 0 Å². The van der Waals surface area contributed by atoms with Gasteiger partial charge in [0.1, 0.15) is 5.82 Å². The Morgan fingerprint density at radius 1 is 1.37 bits per heavy atom. The summed E-state index contributed by atoms with van der Waals surface area (Å²) in [5, 5.41) is 12.5. The Balaban J connectivity index is 1.76. The van der Waals surface area contributed by atoms with Crippen molar-refractivity contribution in [3.05, 3.63) is 18.2 Å². The summed E-state index contributed by atoms with van der Waals surface area (Å²) in [4.78, 5) is 30.6. The molecule has 27 heavy (non-hydrogen) atoms. The third-order valence-electron chi connectivity index (χ3n) is 5.68. The van der Waals surface area contributed by atoms with Crippen LogP contribution in [-0.4, -0.2) is 57.9 Å². The maximum atomic E-state index is 13.0. The zero-order chi connectivity index (χ0) is 19.4. The average molecular weight is 378 g/mol. The van der Waals surface area contributed by atoms with Crippen molar-refractivity contribution in [2.24, 2.45) is 17.8 Å². The van der Waals surface area contributed by atoms with Gasteiger partial charge in [0.05, 0.1) is 12.0 Å². The summed E-state index contributed by atoms with van der Waals surface area (Å²) >= 11 is 0. The van der Waals surface area contributed by atoms with Crippen LogP contribution in [0.25, 0.3) is 0 Å². The first-order chi connectivity index (χ1) is 13.0. The van der Waals surface area contributed by atoms with Crippen LogP contribution >= 0.6 is 0 Å². The van der Waals surface area contributed by atoms with Crippen LogP contribution in [0.2, 0.25) is 0 Å². The van der Waals surface area contributed by atoms with Crippen LogP contribution < -0.4 is 5.32 Å². The molecule has 0 aliphatic carbocycles. The third kappa shape index (κ3) is 4.61. The van der Waals surface area contributed by atoms with Crippen molar-refractivity contribution >= 4 is 12.0 Å². The molecule has 8 nitrogen and oxygen atoms in total. The molecule has 3 atom stereocenters. The number of ether oxygens (including phenoxy) is 1. The summed E-state index contributed by atoms with van der Waals surface area (Å²) in [6.07, 6.45) is 6.05. The van der Waals surface area contributed by atoms with E-state index in [9.17, 15) is 14.7 Å². The Kier molecular flexibility index (Phi) is 6.36. The fraction of sp³-hybridized carbons (Fsp3) is 0.737. The molecule has 0 radical (unpaired) electrons. The summed E-state index contributed by atoms with van der Waals surface area (Å²) in [6.45, 7) is 7.05. The van der Waals surface area contributed by atoms with Crippen LogP contribution in [0.15, 0.2) is 12.4 Å². The molecule has 1 aromatic rings. The van der Waals surface area contributed by atoms with E-state index in [2.05, 4.69) is 21.8 Å². The molecule has 2 amide bonds. The number of hydrogen-bond donors (Lipinski definition) is 2. The molecule has 3 rings (SSSR count). The number of carboxylic acids is 1. The van der Waals surface area contributed by atoms with Crippen LogP contribution in [0.3, 0.4) is 0 Å². The van der Waals surface area contributed by atoms with Gasteiger partial charge in [0.2, 0.25) is 0 Å². The molecule has 2 aliphatic heterocycles. The number of carboxylic acid groups (broad SMARTS) is 1. The zero-order valence-corrected chi connectivity index (χ0v) is 16.1. The molecule has 1 aromatic heterocycles. The van der Waals surface area contributed by atoms with Gasteiger partial charge in [-0.25, -0.2) is 9.78 Å². The molecule has 2 fully saturated rings. The first-order valence-corrected chi connectivity index (χ1v) is 9.86. The number of aryl methyl sites for hydroxylation is 1. The molecule has 2 saturated heterocycles. The molecule has 150 valence electrons. The number of urea groups is 1. The van der Waals surface area contributed by atoms with E-state index in [1.807, 2.05) is 13.1 Å².